The van der Waals surface area contributed by atoms with Gasteiger partial charge < -0.3 is 10.6 Å². The molecule has 2 unspecified atom stereocenters. The monoisotopic (exact) mass is 278 g/mol. The minimum absolute atomic E-state index is 0.0259. The van der Waals surface area contributed by atoms with Crippen molar-refractivity contribution in [2.45, 2.75) is 44.7 Å². The summed E-state index contributed by atoms with van der Waals surface area (Å²) >= 11 is 0. The molecule has 1 aliphatic rings. The van der Waals surface area contributed by atoms with Crippen LogP contribution in [0.25, 0.3) is 0 Å². The summed E-state index contributed by atoms with van der Waals surface area (Å²) in [4.78, 5) is 14.1. The van der Waals surface area contributed by atoms with E-state index in [0.717, 1.165) is 25.7 Å². The maximum atomic E-state index is 13.6. The molecule has 0 bridgehead atoms. The van der Waals surface area contributed by atoms with E-state index in [1.54, 1.807) is 30.1 Å². The molecule has 1 aliphatic carbocycles. The van der Waals surface area contributed by atoms with E-state index in [1.807, 2.05) is 6.92 Å². The lowest BCUT2D eigenvalue weighted by Crippen LogP contribution is -2.53. The van der Waals surface area contributed by atoms with Crippen molar-refractivity contribution in [2.75, 3.05) is 7.05 Å². The number of carbonyl (C=O) groups is 1. The van der Waals surface area contributed by atoms with Crippen LogP contribution < -0.4 is 5.73 Å². The van der Waals surface area contributed by atoms with Crippen LogP contribution in [-0.2, 0) is 11.3 Å². The Balaban J connectivity index is 2.07. The third-order valence-electron chi connectivity index (χ3n) is 4.29. The van der Waals surface area contributed by atoms with E-state index in [4.69, 9.17) is 5.73 Å². The van der Waals surface area contributed by atoms with Crippen LogP contribution in [0.3, 0.4) is 0 Å². The zero-order chi connectivity index (χ0) is 14.8. The van der Waals surface area contributed by atoms with Gasteiger partial charge >= 0.3 is 0 Å². The Labute approximate surface area is 120 Å². The van der Waals surface area contributed by atoms with Gasteiger partial charge in [-0.2, -0.15) is 0 Å². The molecule has 1 aromatic carbocycles. The van der Waals surface area contributed by atoms with Crippen molar-refractivity contribution >= 4 is 5.91 Å². The van der Waals surface area contributed by atoms with E-state index >= 15 is 0 Å². The first kappa shape index (κ1) is 15.0. The van der Waals surface area contributed by atoms with E-state index in [2.05, 4.69) is 0 Å². The number of amides is 1. The van der Waals surface area contributed by atoms with E-state index in [0.29, 0.717) is 5.56 Å². The van der Waals surface area contributed by atoms with Crippen LogP contribution in [-0.4, -0.2) is 23.4 Å². The van der Waals surface area contributed by atoms with Crippen LogP contribution >= 0.6 is 0 Å². The summed E-state index contributed by atoms with van der Waals surface area (Å²) in [6.07, 6.45) is 3.81. The molecule has 0 aromatic heterocycles. The van der Waals surface area contributed by atoms with Gasteiger partial charge in [0, 0.05) is 24.7 Å². The molecule has 0 heterocycles. The van der Waals surface area contributed by atoms with E-state index in [-0.39, 0.29) is 24.2 Å². The number of carbonyl (C=O) groups excluding carboxylic acids is 1. The molecule has 0 spiro atoms. The van der Waals surface area contributed by atoms with Crippen molar-refractivity contribution in [3.63, 3.8) is 0 Å². The number of nitrogens with two attached hydrogens (primary N) is 1. The fourth-order valence-corrected chi connectivity index (χ4v) is 2.99. The second kappa shape index (κ2) is 5.92. The van der Waals surface area contributed by atoms with Crippen molar-refractivity contribution in [3.05, 3.63) is 35.6 Å². The quantitative estimate of drug-likeness (QED) is 0.924. The first-order valence-corrected chi connectivity index (χ1v) is 7.19. The van der Waals surface area contributed by atoms with Crippen molar-refractivity contribution in [1.82, 2.24) is 4.90 Å². The molecule has 3 nitrogen and oxygen atoms in total. The third-order valence-corrected chi connectivity index (χ3v) is 4.29. The van der Waals surface area contributed by atoms with Crippen LogP contribution in [0.1, 0.15) is 38.2 Å². The van der Waals surface area contributed by atoms with Crippen LogP contribution in [0, 0.1) is 11.7 Å². The fraction of sp³-hybridized carbons (Fsp3) is 0.562. The van der Waals surface area contributed by atoms with Crippen molar-refractivity contribution < 1.29 is 9.18 Å². The number of hydrogen-bond acceptors (Lipinski definition) is 2. The number of halogens is 1. The summed E-state index contributed by atoms with van der Waals surface area (Å²) in [6, 6.07) is 6.56. The van der Waals surface area contributed by atoms with Gasteiger partial charge in [0.1, 0.15) is 5.82 Å². The van der Waals surface area contributed by atoms with Gasteiger partial charge in [-0.1, -0.05) is 31.0 Å². The minimum atomic E-state index is -0.446. The third kappa shape index (κ3) is 3.18. The first-order valence-electron chi connectivity index (χ1n) is 7.19. The van der Waals surface area contributed by atoms with Crippen LogP contribution in [0.15, 0.2) is 24.3 Å². The Morgan fingerprint density at radius 1 is 1.45 bits per heavy atom. The molecule has 1 amide bonds. The van der Waals surface area contributed by atoms with Gasteiger partial charge in [-0.15, -0.1) is 0 Å². The Morgan fingerprint density at radius 3 is 2.80 bits per heavy atom. The summed E-state index contributed by atoms with van der Waals surface area (Å²) in [5.41, 5.74) is 6.36. The van der Waals surface area contributed by atoms with Gasteiger partial charge in [0.15, 0.2) is 0 Å². The van der Waals surface area contributed by atoms with E-state index in [1.165, 1.54) is 6.07 Å². The standard InChI is InChI=1S/C16H23FN2O/c1-16(18)10-6-5-8-13(16)15(20)19(2)11-12-7-3-4-9-14(12)17/h3-4,7,9,13H,5-6,8,10-11,18H2,1-2H3. The molecule has 2 atom stereocenters. The molecule has 0 aliphatic heterocycles. The van der Waals surface area contributed by atoms with Crippen molar-refractivity contribution in [3.8, 4) is 0 Å². The zero-order valence-corrected chi connectivity index (χ0v) is 12.2. The molecule has 2 rings (SSSR count). The highest BCUT2D eigenvalue weighted by molar-refractivity contribution is 5.80. The number of benzene rings is 1. The van der Waals surface area contributed by atoms with Gasteiger partial charge in [-0.05, 0) is 25.8 Å². The Hall–Kier alpha value is -1.42. The van der Waals surface area contributed by atoms with Crippen LogP contribution in [0.4, 0.5) is 4.39 Å². The smallest absolute Gasteiger partial charge is 0.227 e. The molecule has 1 aromatic rings. The summed E-state index contributed by atoms with van der Waals surface area (Å²) < 4.78 is 13.6. The Kier molecular flexibility index (Phi) is 4.43. The number of rotatable bonds is 3. The molecule has 0 radical (unpaired) electrons. The minimum Gasteiger partial charge on any atom is -0.341 e. The lowest BCUT2D eigenvalue weighted by molar-refractivity contribution is -0.138. The molecule has 110 valence electrons. The summed E-state index contributed by atoms with van der Waals surface area (Å²) in [5, 5.41) is 0. The lowest BCUT2D eigenvalue weighted by atomic mass is 9.74. The topological polar surface area (TPSA) is 46.3 Å². The largest absolute Gasteiger partial charge is 0.341 e. The summed E-state index contributed by atoms with van der Waals surface area (Å²) in [6.45, 7) is 2.24. The predicted molar refractivity (Wildman–Crippen MR) is 77.4 cm³/mol. The van der Waals surface area contributed by atoms with Gasteiger partial charge in [0.05, 0.1) is 5.92 Å². The molecular weight excluding hydrogens is 255 g/mol. The maximum absolute atomic E-state index is 13.6. The predicted octanol–water partition coefficient (Wildman–Crippen LogP) is 2.69. The normalized spacial score (nSPS) is 26.3. The SMILES string of the molecule is CN(Cc1ccccc1F)C(=O)C1CCCCC1(C)N. The van der Waals surface area contributed by atoms with Crippen LogP contribution in [0.2, 0.25) is 0 Å². The molecule has 1 fully saturated rings. The highest BCUT2D eigenvalue weighted by atomic mass is 19.1. The van der Waals surface area contributed by atoms with Crippen LogP contribution in [0.5, 0.6) is 0 Å². The average molecular weight is 278 g/mol. The second-order valence-electron chi connectivity index (χ2n) is 6.09. The molecule has 1 saturated carbocycles. The van der Waals surface area contributed by atoms with Gasteiger partial charge in [0.2, 0.25) is 5.91 Å². The van der Waals surface area contributed by atoms with Crippen molar-refractivity contribution in [1.29, 1.82) is 0 Å². The fourth-order valence-electron chi connectivity index (χ4n) is 2.99. The molecular formula is C16H23FN2O. The molecule has 0 saturated heterocycles. The van der Waals surface area contributed by atoms with E-state index < -0.39 is 5.54 Å². The zero-order valence-electron chi connectivity index (χ0n) is 12.2. The lowest BCUT2D eigenvalue weighted by Gasteiger charge is -2.39. The second-order valence-corrected chi connectivity index (χ2v) is 6.09. The summed E-state index contributed by atoms with van der Waals surface area (Å²) in [5.74, 6) is -0.405. The number of hydrogen-bond donors (Lipinski definition) is 1. The van der Waals surface area contributed by atoms with Gasteiger partial charge in [-0.3, -0.25) is 4.79 Å². The molecule has 2 N–H and O–H groups in total. The highest BCUT2D eigenvalue weighted by Crippen LogP contribution is 2.33. The maximum Gasteiger partial charge on any atom is 0.227 e. The Morgan fingerprint density at radius 2 is 2.15 bits per heavy atom. The summed E-state index contributed by atoms with van der Waals surface area (Å²) in [7, 11) is 1.72. The van der Waals surface area contributed by atoms with Gasteiger partial charge in [0.25, 0.3) is 0 Å². The number of nitrogens with zero attached hydrogens (tertiary/aromatic N) is 1. The Bertz CT molecular complexity index is 487. The molecule has 4 heteroatoms. The average Bonchev–Trinajstić information content (AvgIpc) is 2.40. The van der Waals surface area contributed by atoms with E-state index in [9.17, 15) is 9.18 Å². The molecule has 20 heavy (non-hydrogen) atoms. The highest BCUT2D eigenvalue weighted by Gasteiger charge is 2.39. The first-order chi connectivity index (χ1) is 9.42. The van der Waals surface area contributed by atoms with Crippen molar-refractivity contribution in [2.24, 2.45) is 11.7 Å². The van der Waals surface area contributed by atoms with Gasteiger partial charge in [-0.25, -0.2) is 4.39 Å².